The lowest BCUT2D eigenvalue weighted by molar-refractivity contribution is -0.119. The monoisotopic (exact) mass is 480 g/mol. The van der Waals surface area contributed by atoms with Crippen LogP contribution < -0.4 is 16.2 Å². The Kier molecular flexibility index (Phi) is 7.95. The normalized spacial score (nSPS) is 20.4. The largest absolute Gasteiger partial charge is 0.376 e. The Morgan fingerprint density at radius 2 is 2.00 bits per heavy atom. The van der Waals surface area contributed by atoms with Gasteiger partial charge in [-0.3, -0.25) is 24.9 Å². The number of nitrogens with zero attached hydrogens (tertiary/aromatic N) is 5. The average Bonchev–Trinajstić information content (AvgIpc) is 3.58. The standard InChI is InChI=1S/C19H28N8O3S2/c1-26-7-6-15(25-26)17-22-24-19(27(17)11-14-5-3-9-30-14)32-12-16(28)21-23-18(31)20-10-13-4-2-8-29-13/h6-7,13-14H,2-5,8-12H2,1H3,(H,21,28)(H2,20,23,31)/t13-,14+/m1/s1. The Hall–Kier alpha value is -2.22. The fraction of sp³-hybridized carbons (Fsp3) is 0.632. The Morgan fingerprint density at radius 3 is 2.69 bits per heavy atom. The molecule has 1 amide bonds. The topological polar surface area (TPSA) is 120 Å². The summed E-state index contributed by atoms with van der Waals surface area (Å²) in [7, 11) is 1.86. The van der Waals surface area contributed by atoms with Crippen LogP contribution in [-0.4, -0.2) is 73.3 Å². The smallest absolute Gasteiger partial charge is 0.248 e. The first-order chi connectivity index (χ1) is 15.6. The van der Waals surface area contributed by atoms with Crippen LogP contribution in [-0.2, 0) is 27.9 Å². The van der Waals surface area contributed by atoms with Crippen molar-refractivity contribution in [2.75, 3.05) is 25.5 Å². The summed E-state index contributed by atoms with van der Waals surface area (Å²) in [4.78, 5) is 12.3. The Balaban J connectivity index is 1.30. The highest BCUT2D eigenvalue weighted by Gasteiger charge is 2.23. The predicted octanol–water partition coefficient (Wildman–Crippen LogP) is 0.624. The molecule has 3 N–H and O–H groups in total. The van der Waals surface area contributed by atoms with Crippen molar-refractivity contribution in [1.29, 1.82) is 0 Å². The van der Waals surface area contributed by atoms with Crippen LogP contribution in [0.4, 0.5) is 0 Å². The van der Waals surface area contributed by atoms with E-state index in [1.54, 1.807) is 4.68 Å². The van der Waals surface area contributed by atoms with Gasteiger partial charge in [0.2, 0.25) is 5.91 Å². The summed E-state index contributed by atoms with van der Waals surface area (Å²) in [6.45, 7) is 2.81. The van der Waals surface area contributed by atoms with Crippen LogP contribution in [0.2, 0.25) is 0 Å². The molecule has 4 rings (SSSR count). The molecular weight excluding hydrogens is 452 g/mol. The summed E-state index contributed by atoms with van der Waals surface area (Å²) >= 11 is 6.51. The summed E-state index contributed by atoms with van der Waals surface area (Å²) in [5.41, 5.74) is 6.07. The number of carbonyl (C=O) groups excluding carboxylic acids is 1. The molecule has 32 heavy (non-hydrogen) atoms. The molecule has 2 aliphatic rings. The molecule has 174 valence electrons. The quantitative estimate of drug-likeness (QED) is 0.282. The molecule has 0 radical (unpaired) electrons. The third-order valence-corrected chi connectivity index (χ3v) is 6.45. The summed E-state index contributed by atoms with van der Waals surface area (Å²) < 4.78 is 15.0. The van der Waals surface area contributed by atoms with Gasteiger partial charge in [-0.2, -0.15) is 5.10 Å². The van der Waals surface area contributed by atoms with Gasteiger partial charge in [0.1, 0.15) is 5.69 Å². The molecule has 4 heterocycles. The zero-order valence-electron chi connectivity index (χ0n) is 18.0. The predicted molar refractivity (Wildman–Crippen MR) is 123 cm³/mol. The third-order valence-electron chi connectivity index (χ3n) is 5.23. The van der Waals surface area contributed by atoms with E-state index >= 15 is 0 Å². The van der Waals surface area contributed by atoms with E-state index in [4.69, 9.17) is 21.7 Å². The van der Waals surface area contributed by atoms with Gasteiger partial charge in [-0.05, 0) is 44.0 Å². The summed E-state index contributed by atoms with van der Waals surface area (Å²) in [6, 6.07) is 1.89. The van der Waals surface area contributed by atoms with Crippen LogP contribution in [0.5, 0.6) is 0 Å². The molecule has 0 spiro atoms. The lowest BCUT2D eigenvalue weighted by atomic mass is 10.2. The van der Waals surface area contributed by atoms with Crippen molar-refractivity contribution in [1.82, 2.24) is 40.7 Å². The van der Waals surface area contributed by atoms with Gasteiger partial charge in [-0.25, -0.2) is 0 Å². The summed E-state index contributed by atoms with van der Waals surface area (Å²) in [5.74, 6) is 0.608. The maximum absolute atomic E-state index is 12.3. The van der Waals surface area contributed by atoms with E-state index in [-0.39, 0.29) is 23.9 Å². The molecule has 2 aliphatic heterocycles. The van der Waals surface area contributed by atoms with E-state index in [0.717, 1.165) is 44.6 Å². The number of thioether (sulfide) groups is 1. The van der Waals surface area contributed by atoms with Crippen molar-refractivity contribution in [3.63, 3.8) is 0 Å². The van der Waals surface area contributed by atoms with Crippen molar-refractivity contribution in [3.8, 4) is 11.5 Å². The van der Waals surface area contributed by atoms with Gasteiger partial charge in [0, 0.05) is 33.0 Å². The van der Waals surface area contributed by atoms with Crippen LogP contribution in [0.1, 0.15) is 25.7 Å². The first-order valence-electron chi connectivity index (χ1n) is 10.7. The second-order valence-corrected chi connectivity index (χ2v) is 9.08. The first-order valence-corrected chi connectivity index (χ1v) is 12.1. The van der Waals surface area contributed by atoms with Crippen molar-refractivity contribution in [2.45, 2.75) is 49.6 Å². The number of hydrogen-bond donors (Lipinski definition) is 3. The molecule has 2 atom stereocenters. The van der Waals surface area contributed by atoms with E-state index in [1.165, 1.54) is 11.8 Å². The molecule has 0 saturated carbocycles. The molecular formula is C19H28N8O3S2. The zero-order valence-corrected chi connectivity index (χ0v) is 19.6. The minimum Gasteiger partial charge on any atom is -0.376 e. The highest BCUT2D eigenvalue weighted by atomic mass is 32.2. The highest BCUT2D eigenvalue weighted by Crippen LogP contribution is 2.25. The van der Waals surface area contributed by atoms with E-state index in [9.17, 15) is 4.79 Å². The number of aryl methyl sites for hydroxylation is 1. The van der Waals surface area contributed by atoms with Crippen molar-refractivity contribution >= 4 is 35.0 Å². The molecule has 2 saturated heterocycles. The van der Waals surface area contributed by atoms with Gasteiger partial charge >= 0.3 is 0 Å². The maximum Gasteiger partial charge on any atom is 0.248 e. The van der Waals surface area contributed by atoms with Crippen LogP contribution in [0.25, 0.3) is 11.5 Å². The van der Waals surface area contributed by atoms with Crippen molar-refractivity contribution in [3.05, 3.63) is 12.3 Å². The fourth-order valence-electron chi connectivity index (χ4n) is 3.62. The number of rotatable bonds is 8. The Bertz CT molecular complexity index is 922. The van der Waals surface area contributed by atoms with Gasteiger partial charge in [-0.1, -0.05) is 11.8 Å². The molecule has 11 nitrogen and oxygen atoms in total. The summed E-state index contributed by atoms with van der Waals surface area (Å²) in [6.07, 6.45) is 6.27. The van der Waals surface area contributed by atoms with E-state index in [0.29, 0.717) is 29.2 Å². The number of ether oxygens (including phenoxy) is 2. The second kappa shape index (κ2) is 11.1. The molecule has 0 aliphatic carbocycles. The minimum absolute atomic E-state index is 0.107. The molecule has 2 aromatic heterocycles. The lowest BCUT2D eigenvalue weighted by Crippen LogP contribution is -2.48. The van der Waals surface area contributed by atoms with Crippen molar-refractivity contribution < 1.29 is 14.3 Å². The van der Waals surface area contributed by atoms with Gasteiger partial charge in [0.15, 0.2) is 16.1 Å². The van der Waals surface area contributed by atoms with Gasteiger partial charge < -0.3 is 14.8 Å². The second-order valence-electron chi connectivity index (χ2n) is 7.73. The van der Waals surface area contributed by atoms with Crippen molar-refractivity contribution in [2.24, 2.45) is 7.05 Å². The van der Waals surface area contributed by atoms with Crippen LogP contribution in [0.15, 0.2) is 17.4 Å². The van der Waals surface area contributed by atoms with E-state index < -0.39 is 0 Å². The minimum atomic E-state index is -0.220. The molecule has 13 heteroatoms. The number of amides is 1. The SMILES string of the molecule is Cn1ccc(-c2nnc(SCC(=O)NNC(=S)NC[C@H]3CCCO3)n2C[C@@H]2CCCO2)n1. The Morgan fingerprint density at radius 1 is 1.22 bits per heavy atom. The van der Waals surface area contributed by atoms with Crippen LogP contribution >= 0.6 is 24.0 Å². The molecule has 2 aromatic rings. The molecule has 0 aromatic carbocycles. The van der Waals surface area contributed by atoms with Gasteiger partial charge in [-0.15, -0.1) is 10.2 Å². The van der Waals surface area contributed by atoms with E-state index in [1.807, 2.05) is 23.9 Å². The number of thiocarbonyl (C=S) groups is 1. The molecule has 2 fully saturated rings. The average molecular weight is 481 g/mol. The van der Waals surface area contributed by atoms with Gasteiger partial charge in [0.25, 0.3) is 0 Å². The number of nitrogens with one attached hydrogen (secondary N) is 3. The zero-order chi connectivity index (χ0) is 22.3. The highest BCUT2D eigenvalue weighted by molar-refractivity contribution is 7.99. The lowest BCUT2D eigenvalue weighted by Gasteiger charge is -2.15. The molecule has 0 bridgehead atoms. The van der Waals surface area contributed by atoms with Crippen LogP contribution in [0, 0.1) is 0 Å². The number of aromatic nitrogens is 5. The van der Waals surface area contributed by atoms with Crippen LogP contribution in [0.3, 0.4) is 0 Å². The third kappa shape index (κ3) is 6.18. The number of hydrazine groups is 1. The summed E-state index contributed by atoms with van der Waals surface area (Å²) in [5, 5.41) is 17.1. The first kappa shape index (κ1) is 23.0. The van der Waals surface area contributed by atoms with Gasteiger partial charge in [0.05, 0.1) is 24.5 Å². The number of hydrogen-bond acceptors (Lipinski definition) is 8. The van der Waals surface area contributed by atoms with E-state index in [2.05, 4.69) is 31.5 Å². The Labute approximate surface area is 196 Å². The molecule has 0 unspecified atom stereocenters. The fourth-order valence-corrected chi connectivity index (χ4v) is 4.51. The number of carbonyl (C=O) groups is 1. The maximum atomic E-state index is 12.3.